The van der Waals surface area contributed by atoms with Gasteiger partial charge in [0.1, 0.15) is 6.04 Å². The van der Waals surface area contributed by atoms with Gasteiger partial charge in [0.05, 0.1) is 29.2 Å². The Balaban J connectivity index is 1.31. The second kappa shape index (κ2) is 11.2. The van der Waals surface area contributed by atoms with Crippen molar-refractivity contribution in [2.45, 2.75) is 42.5 Å². The van der Waals surface area contributed by atoms with Crippen molar-refractivity contribution in [2.75, 3.05) is 24.6 Å². The van der Waals surface area contributed by atoms with Gasteiger partial charge in [0.25, 0.3) is 5.91 Å². The number of benzene rings is 3. The number of likely N-dealkylation sites (tertiary alicyclic amines) is 1. The molecule has 3 amide bonds. The molecule has 7 nitrogen and oxygen atoms in total. The van der Waals surface area contributed by atoms with Crippen LogP contribution in [0.1, 0.15) is 19.4 Å². The van der Waals surface area contributed by atoms with E-state index in [-0.39, 0.29) is 35.5 Å². The molecule has 4 heterocycles. The number of aliphatic hydroxyl groups excluding tert-OH is 1. The molecule has 0 radical (unpaired) electrons. The lowest BCUT2D eigenvalue weighted by molar-refractivity contribution is -0.145. The summed E-state index contributed by atoms with van der Waals surface area (Å²) in [5.74, 6) is -1.88. The maximum Gasteiger partial charge on any atom is 0.251 e. The van der Waals surface area contributed by atoms with Crippen LogP contribution in [0.2, 0.25) is 0 Å². The average Bonchev–Trinajstić information content (AvgIpc) is 3.35. The number of hydrogen-bond acceptors (Lipinski definition) is 5. The van der Waals surface area contributed by atoms with Gasteiger partial charge in [-0.2, -0.15) is 0 Å². The zero-order valence-electron chi connectivity index (χ0n) is 25.0. The Morgan fingerprint density at radius 1 is 0.886 bits per heavy atom. The Kier molecular flexibility index (Phi) is 7.37. The Hall–Kier alpha value is -3.88. The van der Waals surface area contributed by atoms with Crippen LogP contribution in [0, 0.1) is 17.8 Å². The first kappa shape index (κ1) is 28.9. The molecule has 8 heteroatoms. The van der Waals surface area contributed by atoms with E-state index in [1.165, 1.54) is 0 Å². The number of carbonyl (C=O) groups is 3. The molecule has 2 fully saturated rings. The fourth-order valence-corrected chi connectivity index (χ4v) is 9.62. The van der Waals surface area contributed by atoms with Gasteiger partial charge in [0, 0.05) is 30.6 Å². The number of hydrogen-bond donors (Lipinski definition) is 1. The molecule has 0 bridgehead atoms. The summed E-state index contributed by atoms with van der Waals surface area (Å²) in [5.41, 5.74) is 1.79. The van der Waals surface area contributed by atoms with E-state index < -0.39 is 28.7 Å². The van der Waals surface area contributed by atoms with Crippen molar-refractivity contribution in [1.82, 2.24) is 9.80 Å². The van der Waals surface area contributed by atoms with Crippen LogP contribution in [0.15, 0.2) is 97.1 Å². The van der Waals surface area contributed by atoms with E-state index in [1.807, 2.05) is 110 Å². The first-order chi connectivity index (χ1) is 21.3. The summed E-state index contributed by atoms with van der Waals surface area (Å²) < 4.78 is -0.937. The first-order valence-electron chi connectivity index (χ1n) is 15.4. The zero-order valence-corrected chi connectivity index (χ0v) is 25.8. The molecule has 4 aliphatic heterocycles. The maximum atomic E-state index is 14.8. The quantitative estimate of drug-likeness (QED) is 0.413. The zero-order chi connectivity index (χ0) is 30.6. The molecule has 4 aliphatic rings. The summed E-state index contributed by atoms with van der Waals surface area (Å²) in [7, 11) is 0. The molecule has 3 aromatic carbocycles. The third kappa shape index (κ3) is 4.49. The van der Waals surface area contributed by atoms with Crippen molar-refractivity contribution in [3.8, 4) is 0 Å². The minimum atomic E-state index is -0.937. The van der Waals surface area contributed by atoms with E-state index >= 15 is 0 Å². The van der Waals surface area contributed by atoms with Crippen molar-refractivity contribution in [1.29, 1.82) is 0 Å². The van der Waals surface area contributed by atoms with E-state index in [0.717, 1.165) is 22.0 Å². The number of amides is 3. The van der Waals surface area contributed by atoms with Crippen molar-refractivity contribution in [3.05, 3.63) is 103 Å². The molecule has 0 aliphatic carbocycles. The summed E-state index contributed by atoms with van der Waals surface area (Å²) in [4.78, 5) is 49.2. The van der Waals surface area contributed by atoms with Gasteiger partial charge in [-0.3, -0.25) is 14.4 Å². The van der Waals surface area contributed by atoms with Gasteiger partial charge in [0.15, 0.2) is 0 Å². The summed E-state index contributed by atoms with van der Waals surface area (Å²) in [5, 5.41) is 12.5. The Morgan fingerprint density at radius 2 is 1.64 bits per heavy atom. The van der Waals surface area contributed by atoms with Gasteiger partial charge >= 0.3 is 0 Å². The minimum Gasteiger partial charge on any atom is -0.394 e. The maximum absolute atomic E-state index is 14.8. The second-order valence-electron chi connectivity index (χ2n) is 12.6. The highest BCUT2D eigenvalue weighted by Gasteiger charge is 2.72. The van der Waals surface area contributed by atoms with E-state index in [0.29, 0.717) is 19.6 Å². The normalized spacial score (nSPS) is 28.7. The summed E-state index contributed by atoms with van der Waals surface area (Å²) in [6.07, 6.45) is 8.13. The third-order valence-electron chi connectivity index (χ3n) is 9.75. The lowest BCUT2D eigenvalue weighted by atomic mass is 9.78. The van der Waals surface area contributed by atoms with Crippen LogP contribution in [0.25, 0.3) is 10.8 Å². The molecule has 1 unspecified atom stereocenters. The second-order valence-corrected chi connectivity index (χ2v) is 14.1. The van der Waals surface area contributed by atoms with Gasteiger partial charge in [-0.1, -0.05) is 98.8 Å². The first-order valence-corrected chi connectivity index (χ1v) is 16.3. The molecule has 6 atom stereocenters. The van der Waals surface area contributed by atoms with Crippen LogP contribution in [-0.2, 0) is 20.9 Å². The number of aliphatic hydroxyl groups is 1. The van der Waals surface area contributed by atoms with Gasteiger partial charge in [0.2, 0.25) is 11.8 Å². The van der Waals surface area contributed by atoms with Crippen LogP contribution < -0.4 is 4.90 Å². The van der Waals surface area contributed by atoms with Crippen molar-refractivity contribution in [2.24, 2.45) is 17.8 Å². The van der Waals surface area contributed by atoms with E-state index in [1.54, 1.807) is 21.6 Å². The fraction of sp³-hybridized carbons (Fsp3) is 0.361. The summed E-state index contributed by atoms with van der Waals surface area (Å²) in [6.45, 7) is 4.94. The molecular formula is C36H37N3O4S. The number of anilines is 1. The Bertz CT molecular complexity index is 1670. The van der Waals surface area contributed by atoms with Crippen LogP contribution in [0.5, 0.6) is 0 Å². The molecule has 1 N–H and O–H groups in total. The monoisotopic (exact) mass is 607 g/mol. The highest BCUT2D eigenvalue weighted by molar-refractivity contribution is 8.02. The molecular weight excluding hydrogens is 570 g/mol. The molecule has 3 aromatic rings. The van der Waals surface area contributed by atoms with Crippen molar-refractivity contribution < 1.29 is 19.5 Å². The van der Waals surface area contributed by atoms with Crippen LogP contribution >= 0.6 is 11.8 Å². The number of thioether (sulfide) groups is 1. The fourth-order valence-electron chi connectivity index (χ4n) is 7.63. The lowest BCUT2D eigenvalue weighted by Crippen LogP contribution is -2.57. The third-order valence-corrected chi connectivity index (χ3v) is 11.5. The highest BCUT2D eigenvalue weighted by Crippen LogP contribution is 2.61. The number of rotatable bonds is 6. The number of carbonyl (C=O) groups excluding carboxylic acids is 3. The molecule has 0 aromatic heterocycles. The molecule has 1 spiro atoms. The highest BCUT2D eigenvalue weighted by atomic mass is 32.2. The Labute approximate surface area is 262 Å². The smallest absolute Gasteiger partial charge is 0.251 e. The van der Waals surface area contributed by atoms with E-state index in [2.05, 4.69) is 6.08 Å². The predicted molar refractivity (Wildman–Crippen MR) is 174 cm³/mol. The van der Waals surface area contributed by atoms with Gasteiger partial charge < -0.3 is 19.8 Å². The van der Waals surface area contributed by atoms with Gasteiger partial charge in [-0.25, -0.2) is 0 Å². The molecule has 7 rings (SSSR count). The van der Waals surface area contributed by atoms with Crippen LogP contribution in [-0.4, -0.2) is 74.4 Å². The predicted octanol–water partition coefficient (Wildman–Crippen LogP) is 4.66. The SMILES string of the molecule is CC(C)[C@H](CO)N1C(=O)[C@@H]2[C@@H]3C(=O)N(Cc4ccccc4)CC=C[C@@H]3S[C@@]23C=CCN(c2ccc4ccccc4c2)C(=O)C13. The van der Waals surface area contributed by atoms with E-state index in [9.17, 15) is 19.5 Å². The van der Waals surface area contributed by atoms with E-state index in [4.69, 9.17) is 0 Å². The van der Waals surface area contributed by atoms with Crippen LogP contribution in [0.4, 0.5) is 5.69 Å². The molecule has 2 saturated heterocycles. The standard InChI is InChI=1S/C36H37N3O4S/c1-23(2)28(22-40)39-32-35(43)38(27-16-15-25-12-6-7-13-26(25)20-27)19-9-17-36(32)31(34(39)42)30-29(44-36)14-8-18-37(33(30)41)21-24-10-4-3-5-11-24/h3-17,20,23,28-32,40H,18-19,21-22H2,1-2H3/t28-,29-,30+,31-,32?,36-/m0/s1. The summed E-state index contributed by atoms with van der Waals surface area (Å²) >= 11 is 1.57. The average molecular weight is 608 g/mol. The topological polar surface area (TPSA) is 81.2 Å². The Morgan fingerprint density at radius 3 is 2.39 bits per heavy atom. The number of nitrogens with zero attached hydrogens (tertiary/aromatic N) is 3. The molecule has 226 valence electrons. The van der Waals surface area contributed by atoms with Crippen LogP contribution in [0.3, 0.4) is 0 Å². The molecule has 44 heavy (non-hydrogen) atoms. The van der Waals surface area contributed by atoms with Gasteiger partial charge in [-0.05, 0) is 34.4 Å². The van der Waals surface area contributed by atoms with Gasteiger partial charge in [-0.15, -0.1) is 11.8 Å². The summed E-state index contributed by atoms with van der Waals surface area (Å²) in [6, 6.07) is 22.5. The van der Waals surface area contributed by atoms with Crippen molar-refractivity contribution in [3.63, 3.8) is 0 Å². The minimum absolute atomic E-state index is 0.0613. The number of fused-ring (bicyclic) bond motifs is 3. The van der Waals surface area contributed by atoms with Crippen molar-refractivity contribution >= 4 is 45.9 Å². The lowest BCUT2D eigenvalue weighted by Gasteiger charge is -2.39. The largest absolute Gasteiger partial charge is 0.394 e. The molecule has 0 saturated carbocycles.